The van der Waals surface area contributed by atoms with E-state index >= 15 is 0 Å². The summed E-state index contributed by atoms with van der Waals surface area (Å²) in [5, 5.41) is 21.8. The molecule has 1 unspecified atom stereocenters. The van der Waals surface area contributed by atoms with Crippen molar-refractivity contribution in [3.63, 3.8) is 0 Å². The van der Waals surface area contributed by atoms with Crippen molar-refractivity contribution in [3.8, 4) is 23.0 Å². The minimum absolute atomic E-state index is 0.131. The van der Waals surface area contributed by atoms with Crippen LogP contribution < -0.4 is 19.1 Å². The first-order valence-electron chi connectivity index (χ1n) is 10.4. The predicted molar refractivity (Wildman–Crippen MR) is 125 cm³/mol. The third kappa shape index (κ3) is 3.69. The first kappa shape index (κ1) is 22.7. The van der Waals surface area contributed by atoms with Gasteiger partial charge >= 0.3 is 0 Å². The fraction of sp³-hybridized carbons (Fsp3) is 0.154. The Balaban J connectivity index is 2.00. The van der Waals surface area contributed by atoms with Gasteiger partial charge in [0.05, 0.1) is 38.6 Å². The summed E-state index contributed by atoms with van der Waals surface area (Å²) in [5.74, 6) is -1.17. The number of nitrogens with zero attached hydrogens (tertiary/aromatic N) is 1. The van der Waals surface area contributed by atoms with Crippen LogP contribution in [-0.2, 0) is 9.59 Å². The number of hydrogen-bond acceptors (Lipinski definition) is 7. The molecule has 34 heavy (non-hydrogen) atoms. The van der Waals surface area contributed by atoms with E-state index in [4.69, 9.17) is 14.2 Å². The summed E-state index contributed by atoms with van der Waals surface area (Å²) >= 11 is 0. The van der Waals surface area contributed by atoms with Gasteiger partial charge in [-0.3, -0.25) is 14.5 Å². The number of ether oxygens (including phenoxy) is 3. The number of aliphatic hydroxyl groups excluding tert-OH is 1. The normalized spacial score (nSPS) is 17.0. The lowest BCUT2D eigenvalue weighted by Gasteiger charge is -2.27. The summed E-state index contributed by atoms with van der Waals surface area (Å²) in [6, 6.07) is 16.7. The highest BCUT2D eigenvalue weighted by Gasteiger charge is 2.48. The zero-order valence-electron chi connectivity index (χ0n) is 18.8. The van der Waals surface area contributed by atoms with Crippen molar-refractivity contribution in [2.75, 3.05) is 26.2 Å². The zero-order chi connectivity index (χ0) is 24.4. The number of methoxy groups -OCH3 is 3. The van der Waals surface area contributed by atoms with E-state index < -0.39 is 23.5 Å². The number of aromatic hydroxyl groups is 1. The standard InChI is InChI=1S/C26H23NO7/c1-32-19-11-7-4-8-16(19)23-22(24(29)15-12-13-20(33-2)21(14-15)34-3)25(30)26(31)27(23)17-9-5-6-10-18(17)28/h4-14,23,28-29H,1-3H3/b24-22+. The second-order valence-electron chi connectivity index (χ2n) is 7.47. The summed E-state index contributed by atoms with van der Waals surface area (Å²) in [5.41, 5.74) is 0.708. The van der Waals surface area contributed by atoms with Gasteiger partial charge in [-0.25, -0.2) is 0 Å². The number of rotatable bonds is 6. The number of ketones is 1. The van der Waals surface area contributed by atoms with Crippen LogP contribution in [0.1, 0.15) is 17.2 Å². The Morgan fingerprint density at radius 3 is 2.15 bits per heavy atom. The second kappa shape index (κ2) is 9.19. The average Bonchev–Trinajstić information content (AvgIpc) is 3.13. The maximum Gasteiger partial charge on any atom is 0.300 e. The molecule has 4 rings (SSSR count). The summed E-state index contributed by atoms with van der Waals surface area (Å²) in [6.45, 7) is 0. The summed E-state index contributed by atoms with van der Waals surface area (Å²) in [7, 11) is 4.41. The molecule has 1 atom stereocenters. The molecule has 1 amide bonds. The number of phenolic OH excluding ortho intramolecular Hbond substituents is 1. The molecule has 0 aliphatic carbocycles. The van der Waals surface area contributed by atoms with Gasteiger partial charge in [-0.1, -0.05) is 30.3 Å². The minimum Gasteiger partial charge on any atom is -0.507 e. The molecule has 1 heterocycles. The van der Waals surface area contributed by atoms with Crippen molar-refractivity contribution in [2.24, 2.45) is 0 Å². The van der Waals surface area contributed by atoms with E-state index in [9.17, 15) is 19.8 Å². The Kier molecular flexibility index (Phi) is 6.14. The average molecular weight is 461 g/mol. The van der Waals surface area contributed by atoms with Crippen LogP contribution in [0.5, 0.6) is 23.0 Å². The SMILES string of the molecule is COc1ccc(/C(O)=C2\C(=O)C(=O)N(c3ccccc3O)C2c2ccccc2OC)cc1OC. The second-order valence-corrected chi connectivity index (χ2v) is 7.47. The molecule has 3 aromatic carbocycles. The molecule has 174 valence electrons. The molecule has 1 aliphatic rings. The molecule has 0 saturated carbocycles. The predicted octanol–water partition coefficient (Wildman–Crippen LogP) is 4.04. The largest absolute Gasteiger partial charge is 0.507 e. The van der Waals surface area contributed by atoms with Crippen molar-refractivity contribution in [3.05, 3.63) is 83.4 Å². The number of phenols is 1. The smallest absolute Gasteiger partial charge is 0.300 e. The molecular formula is C26H23NO7. The van der Waals surface area contributed by atoms with E-state index in [1.54, 1.807) is 48.5 Å². The molecule has 0 aromatic heterocycles. The highest BCUT2D eigenvalue weighted by atomic mass is 16.5. The van der Waals surface area contributed by atoms with Gasteiger partial charge in [0.2, 0.25) is 0 Å². The summed E-state index contributed by atoms with van der Waals surface area (Å²) < 4.78 is 16.1. The lowest BCUT2D eigenvalue weighted by atomic mass is 9.94. The highest BCUT2D eigenvalue weighted by molar-refractivity contribution is 6.52. The van der Waals surface area contributed by atoms with Gasteiger partial charge in [-0.05, 0) is 36.4 Å². The number of Topliss-reactive ketones (excluding diaryl/α,β-unsaturated/α-hetero) is 1. The van der Waals surface area contributed by atoms with Gasteiger partial charge in [-0.2, -0.15) is 0 Å². The Morgan fingerprint density at radius 1 is 0.824 bits per heavy atom. The lowest BCUT2D eigenvalue weighted by Crippen LogP contribution is -2.29. The number of anilines is 1. The molecule has 0 bridgehead atoms. The molecule has 0 spiro atoms. The van der Waals surface area contributed by atoms with Crippen LogP contribution in [0.2, 0.25) is 0 Å². The maximum absolute atomic E-state index is 13.3. The van der Waals surface area contributed by atoms with Gasteiger partial charge in [0.25, 0.3) is 11.7 Å². The molecule has 3 aromatic rings. The number of amides is 1. The number of carbonyl (C=O) groups excluding carboxylic acids is 2. The lowest BCUT2D eigenvalue weighted by molar-refractivity contribution is -0.132. The van der Waals surface area contributed by atoms with Crippen molar-refractivity contribution in [1.29, 1.82) is 0 Å². The van der Waals surface area contributed by atoms with Crippen LogP contribution in [-0.4, -0.2) is 43.2 Å². The van der Waals surface area contributed by atoms with Crippen LogP contribution in [0, 0.1) is 0 Å². The summed E-state index contributed by atoms with van der Waals surface area (Å²) in [4.78, 5) is 27.7. The molecule has 0 radical (unpaired) electrons. The molecule has 1 saturated heterocycles. The molecule has 1 fully saturated rings. The zero-order valence-corrected chi connectivity index (χ0v) is 18.8. The maximum atomic E-state index is 13.3. The van der Waals surface area contributed by atoms with E-state index in [1.165, 1.54) is 44.4 Å². The fourth-order valence-corrected chi connectivity index (χ4v) is 4.07. The Bertz CT molecular complexity index is 1300. The Hall–Kier alpha value is -4.46. The van der Waals surface area contributed by atoms with Crippen molar-refractivity contribution in [2.45, 2.75) is 6.04 Å². The fourth-order valence-electron chi connectivity index (χ4n) is 4.07. The Labute approximate surface area is 196 Å². The van der Waals surface area contributed by atoms with Crippen molar-refractivity contribution < 1.29 is 34.0 Å². The van der Waals surface area contributed by atoms with Gasteiger partial charge in [0.15, 0.2) is 11.5 Å². The number of aliphatic hydroxyl groups is 1. The number of para-hydroxylation sites is 3. The first-order valence-corrected chi connectivity index (χ1v) is 10.4. The molecule has 8 heteroatoms. The number of benzene rings is 3. The van der Waals surface area contributed by atoms with Crippen LogP contribution in [0.25, 0.3) is 5.76 Å². The molecule has 2 N–H and O–H groups in total. The van der Waals surface area contributed by atoms with Gasteiger partial charge in [-0.15, -0.1) is 0 Å². The van der Waals surface area contributed by atoms with Crippen LogP contribution >= 0.6 is 0 Å². The van der Waals surface area contributed by atoms with E-state index in [1.807, 2.05) is 0 Å². The third-order valence-corrected chi connectivity index (χ3v) is 5.68. The topological polar surface area (TPSA) is 106 Å². The quantitative estimate of drug-likeness (QED) is 0.324. The molecular weight excluding hydrogens is 438 g/mol. The van der Waals surface area contributed by atoms with Gasteiger partial charge in [0, 0.05) is 11.1 Å². The first-order chi connectivity index (χ1) is 16.4. The van der Waals surface area contributed by atoms with Crippen molar-refractivity contribution in [1.82, 2.24) is 0 Å². The van der Waals surface area contributed by atoms with Crippen LogP contribution in [0.15, 0.2) is 72.3 Å². The van der Waals surface area contributed by atoms with Gasteiger partial charge < -0.3 is 24.4 Å². The van der Waals surface area contributed by atoms with E-state index in [-0.39, 0.29) is 22.6 Å². The van der Waals surface area contributed by atoms with E-state index in [2.05, 4.69) is 0 Å². The molecule has 8 nitrogen and oxygen atoms in total. The summed E-state index contributed by atoms with van der Waals surface area (Å²) in [6.07, 6.45) is 0. The number of carbonyl (C=O) groups is 2. The monoisotopic (exact) mass is 461 g/mol. The molecule has 1 aliphatic heterocycles. The minimum atomic E-state index is -1.06. The van der Waals surface area contributed by atoms with E-state index in [0.717, 1.165) is 0 Å². The van der Waals surface area contributed by atoms with Gasteiger partial charge in [0.1, 0.15) is 17.3 Å². The van der Waals surface area contributed by atoms with E-state index in [0.29, 0.717) is 22.8 Å². The highest BCUT2D eigenvalue weighted by Crippen LogP contribution is 2.47. The number of hydrogen-bond donors (Lipinski definition) is 2. The Morgan fingerprint density at radius 2 is 1.47 bits per heavy atom. The van der Waals surface area contributed by atoms with Crippen LogP contribution in [0.4, 0.5) is 5.69 Å². The van der Waals surface area contributed by atoms with Crippen LogP contribution in [0.3, 0.4) is 0 Å². The van der Waals surface area contributed by atoms with Crippen molar-refractivity contribution >= 4 is 23.1 Å². The third-order valence-electron chi connectivity index (χ3n) is 5.68.